The van der Waals surface area contributed by atoms with Crippen LogP contribution < -0.4 is 10.1 Å². The van der Waals surface area contributed by atoms with Gasteiger partial charge in [0.1, 0.15) is 5.75 Å². The largest absolute Gasteiger partial charge is 0.494 e. The molecule has 4 aliphatic carbocycles. The van der Waals surface area contributed by atoms with Crippen LogP contribution in [0.5, 0.6) is 5.75 Å². The highest BCUT2D eigenvalue weighted by Crippen LogP contribution is 2.66. The summed E-state index contributed by atoms with van der Waals surface area (Å²) < 4.78 is 6.45. The number of aliphatic hydroxyl groups excluding tert-OH is 1. The molecule has 4 nitrogen and oxygen atoms in total. The number of allylic oxidation sites excluding steroid dienone is 1. The Morgan fingerprint density at radius 3 is 2.64 bits per heavy atom. The number of benzene rings is 1. The predicted molar refractivity (Wildman–Crippen MR) is 159 cm³/mol. The molecule has 4 unspecified atom stereocenters. The second kappa shape index (κ2) is 12.1. The molecule has 0 aromatic heterocycles. The predicted octanol–water partition coefficient (Wildman–Crippen LogP) is 7.95. The van der Waals surface area contributed by atoms with Gasteiger partial charge in [0.25, 0.3) is 0 Å². The molecule has 2 N–H and O–H groups in total. The Hall–Kier alpha value is -1.65. The van der Waals surface area contributed by atoms with Crippen LogP contribution in [0.4, 0.5) is 0 Å². The normalized spacial score (nSPS) is 34.7. The van der Waals surface area contributed by atoms with Gasteiger partial charge >= 0.3 is 0 Å². The molecule has 216 valence electrons. The first kappa shape index (κ1) is 28.9. The first-order valence-electron chi connectivity index (χ1n) is 16.2. The molecule has 0 saturated heterocycles. The summed E-state index contributed by atoms with van der Waals surface area (Å²) >= 11 is 0. The molecule has 0 heterocycles. The lowest BCUT2D eigenvalue weighted by Gasteiger charge is -2.58. The summed E-state index contributed by atoms with van der Waals surface area (Å²) in [4.78, 5) is 12.2. The summed E-state index contributed by atoms with van der Waals surface area (Å²) in [6.45, 7) is 9.91. The van der Waals surface area contributed by atoms with E-state index in [-0.39, 0.29) is 16.9 Å². The van der Waals surface area contributed by atoms with E-state index in [1.54, 1.807) is 0 Å². The Labute approximate surface area is 237 Å². The Balaban J connectivity index is 1.26. The molecular weight excluding hydrogens is 482 g/mol. The SMILES string of the molecule is CCCC(NC(CC)CC)c1cccc(OCC[C@]23CCC4C(CCC5=CC(=O)CC[C@@]54C)C2CC[C@@H]3O)c1. The number of fused-ring (bicyclic) bond motifs is 5. The molecule has 7 atom stereocenters. The number of carbonyl (C=O) groups is 1. The maximum atomic E-state index is 12.2. The highest BCUT2D eigenvalue weighted by atomic mass is 16.5. The van der Waals surface area contributed by atoms with E-state index in [9.17, 15) is 9.90 Å². The van der Waals surface area contributed by atoms with Crippen molar-refractivity contribution in [1.29, 1.82) is 0 Å². The third-order valence-corrected chi connectivity index (χ3v) is 11.7. The lowest BCUT2D eigenvalue weighted by molar-refractivity contribution is -0.118. The maximum Gasteiger partial charge on any atom is 0.155 e. The number of nitrogens with one attached hydrogen (secondary N) is 1. The number of ether oxygens (including phenoxy) is 1. The molecule has 3 saturated carbocycles. The van der Waals surface area contributed by atoms with Crippen molar-refractivity contribution in [3.63, 3.8) is 0 Å². The number of carbonyl (C=O) groups excluding carboxylic acids is 1. The van der Waals surface area contributed by atoms with Crippen molar-refractivity contribution >= 4 is 5.78 Å². The van der Waals surface area contributed by atoms with Gasteiger partial charge in [0, 0.05) is 23.9 Å². The molecule has 0 aliphatic heterocycles. The zero-order valence-corrected chi connectivity index (χ0v) is 25.0. The Kier molecular flexibility index (Phi) is 8.93. The van der Waals surface area contributed by atoms with Crippen molar-refractivity contribution in [3.8, 4) is 5.75 Å². The van der Waals surface area contributed by atoms with Crippen LogP contribution in [-0.2, 0) is 4.79 Å². The molecule has 39 heavy (non-hydrogen) atoms. The van der Waals surface area contributed by atoms with Gasteiger partial charge in [0.15, 0.2) is 5.78 Å². The van der Waals surface area contributed by atoms with Crippen molar-refractivity contribution < 1.29 is 14.6 Å². The second-order valence-corrected chi connectivity index (χ2v) is 13.5. The zero-order chi connectivity index (χ0) is 27.6. The molecule has 4 heteroatoms. The summed E-state index contributed by atoms with van der Waals surface area (Å²) in [6.07, 6.45) is 15.6. The highest BCUT2D eigenvalue weighted by Gasteiger charge is 2.60. The van der Waals surface area contributed by atoms with E-state index in [1.165, 1.54) is 24.0 Å². The lowest BCUT2D eigenvalue weighted by atomic mass is 9.46. The minimum absolute atomic E-state index is 0.0113. The van der Waals surface area contributed by atoms with Gasteiger partial charge in [-0.15, -0.1) is 0 Å². The van der Waals surface area contributed by atoms with Gasteiger partial charge in [-0.25, -0.2) is 0 Å². The lowest BCUT2D eigenvalue weighted by Crippen LogP contribution is -2.52. The van der Waals surface area contributed by atoms with Crippen LogP contribution in [0.2, 0.25) is 0 Å². The van der Waals surface area contributed by atoms with Crippen molar-refractivity contribution in [2.24, 2.45) is 28.6 Å². The molecule has 0 spiro atoms. The minimum Gasteiger partial charge on any atom is -0.494 e. The molecule has 5 rings (SSSR count). The molecule has 0 bridgehead atoms. The molecule has 1 aromatic carbocycles. The molecule has 1 aromatic rings. The van der Waals surface area contributed by atoms with E-state index >= 15 is 0 Å². The average molecular weight is 536 g/mol. The number of hydrogen-bond donors (Lipinski definition) is 2. The number of ketones is 1. The Bertz CT molecular complexity index is 1030. The Morgan fingerprint density at radius 2 is 1.87 bits per heavy atom. The summed E-state index contributed by atoms with van der Waals surface area (Å²) in [5.41, 5.74) is 2.92. The molecule has 3 fully saturated rings. The van der Waals surface area contributed by atoms with Crippen molar-refractivity contribution in [1.82, 2.24) is 5.32 Å². The zero-order valence-electron chi connectivity index (χ0n) is 25.0. The summed E-state index contributed by atoms with van der Waals surface area (Å²) in [5, 5.41) is 15.3. The van der Waals surface area contributed by atoms with Crippen molar-refractivity contribution in [2.75, 3.05) is 6.61 Å². The minimum atomic E-state index is -0.214. The second-order valence-electron chi connectivity index (χ2n) is 13.5. The van der Waals surface area contributed by atoms with Crippen LogP contribution in [0.25, 0.3) is 0 Å². The monoisotopic (exact) mass is 535 g/mol. The standard InChI is InChI=1S/C35H53NO3/c1-5-9-32(36-26(6-2)7-3)24-10-8-11-28(22-24)39-21-20-35-19-17-30-29(31(35)14-15-33(35)38)13-12-25-23-27(37)16-18-34(25,30)4/h8,10-11,22-23,26,29-33,36,38H,5-7,9,12-21H2,1-4H3/t29?,30?,31?,32?,33-,34-,35+/m0/s1. The van der Waals surface area contributed by atoms with Crippen LogP contribution in [0.1, 0.15) is 123 Å². The van der Waals surface area contributed by atoms with Gasteiger partial charge in [-0.1, -0.05) is 51.8 Å². The van der Waals surface area contributed by atoms with Crippen LogP contribution in [0.15, 0.2) is 35.9 Å². The van der Waals surface area contributed by atoms with Gasteiger partial charge in [-0.2, -0.15) is 0 Å². The van der Waals surface area contributed by atoms with Gasteiger partial charge in [0.05, 0.1) is 12.7 Å². The fourth-order valence-corrected chi connectivity index (χ4v) is 9.44. The third kappa shape index (κ3) is 5.49. The molecule has 4 aliphatic rings. The van der Waals surface area contributed by atoms with Gasteiger partial charge in [0.2, 0.25) is 0 Å². The first-order chi connectivity index (χ1) is 18.8. The fourth-order valence-electron chi connectivity index (χ4n) is 9.44. The highest BCUT2D eigenvalue weighted by molar-refractivity contribution is 5.91. The number of rotatable bonds is 11. The summed E-state index contributed by atoms with van der Waals surface area (Å²) in [5.74, 6) is 3.19. The van der Waals surface area contributed by atoms with E-state index in [1.807, 2.05) is 6.08 Å². The summed E-state index contributed by atoms with van der Waals surface area (Å²) in [6, 6.07) is 9.63. The van der Waals surface area contributed by atoms with E-state index in [0.717, 1.165) is 70.0 Å². The van der Waals surface area contributed by atoms with Gasteiger partial charge in [-0.3, -0.25) is 4.79 Å². The summed E-state index contributed by atoms with van der Waals surface area (Å²) in [7, 11) is 0. The van der Waals surface area contributed by atoms with E-state index in [4.69, 9.17) is 4.74 Å². The Morgan fingerprint density at radius 1 is 1.05 bits per heavy atom. The van der Waals surface area contributed by atoms with E-state index < -0.39 is 0 Å². The first-order valence-corrected chi connectivity index (χ1v) is 16.2. The van der Waals surface area contributed by atoms with E-state index in [2.05, 4.69) is 57.3 Å². The van der Waals surface area contributed by atoms with Crippen molar-refractivity contribution in [2.45, 2.75) is 129 Å². The van der Waals surface area contributed by atoms with Gasteiger partial charge < -0.3 is 15.2 Å². The third-order valence-electron chi connectivity index (χ3n) is 11.7. The van der Waals surface area contributed by atoms with Crippen LogP contribution in [-0.4, -0.2) is 29.6 Å². The smallest absolute Gasteiger partial charge is 0.155 e. The quantitative estimate of drug-likeness (QED) is 0.302. The van der Waals surface area contributed by atoms with Crippen LogP contribution in [0.3, 0.4) is 0 Å². The number of aliphatic hydroxyl groups is 1. The fraction of sp³-hybridized carbons (Fsp3) is 0.743. The van der Waals surface area contributed by atoms with Gasteiger partial charge in [-0.05, 0) is 118 Å². The average Bonchev–Trinajstić information content (AvgIpc) is 3.28. The van der Waals surface area contributed by atoms with Crippen molar-refractivity contribution in [3.05, 3.63) is 41.5 Å². The maximum absolute atomic E-state index is 12.2. The topological polar surface area (TPSA) is 58.6 Å². The molecular formula is C35H53NO3. The van der Waals surface area contributed by atoms with E-state index in [0.29, 0.717) is 48.6 Å². The van der Waals surface area contributed by atoms with Crippen LogP contribution >= 0.6 is 0 Å². The number of hydrogen-bond acceptors (Lipinski definition) is 4. The molecule has 0 radical (unpaired) electrons. The molecule has 0 amide bonds. The van der Waals surface area contributed by atoms with Crippen LogP contribution in [0, 0.1) is 28.6 Å².